The van der Waals surface area contributed by atoms with E-state index < -0.39 is 12.0 Å². The van der Waals surface area contributed by atoms with Gasteiger partial charge in [-0.2, -0.15) is 0 Å². The largest absolute Gasteiger partial charge is 0.480 e. The van der Waals surface area contributed by atoms with Crippen molar-refractivity contribution in [3.8, 4) is 0 Å². The van der Waals surface area contributed by atoms with Crippen molar-refractivity contribution < 1.29 is 19.5 Å². The van der Waals surface area contributed by atoms with Crippen molar-refractivity contribution in [3.63, 3.8) is 0 Å². The van der Waals surface area contributed by atoms with Crippen LogP contribution in [-0.4, -0.2) is 46.9 Å². The van der Waals surface area contributed by atoms with Gasteiger partial charge in [-0.25, -0.2) is 4.79 Å². The summed E-state index contributed by atoms with van der Waals surface area (Å²) in [6.07, 6.45) is 1.80. The minimum atomic E-state index is -0.949. The summed E-state index contributed by atoms with van der Waals surface area (Å²) in [5, 5.41) is 11.7. The van der Waals surface area contributed by atoms with Crippen LogP contribution in [0.2, 0.25) is 0 Å². The molecule has 1 heterocycles. The van der Waals surface area contributed by atoms with Crippen molar-refractivity contribution in [1.82, 2.24) is 10.2 Å². The molecule has 0 spiro atoms. The molecule has 0 aromatic heterocycles. The van der Waals surface area contributed by atoms with E-state index in [1.807, 2.05) is 6.92 Å². The lowest BCUT2D eigenvalue weighted by atomic mass is 9.90. The lowest BCUT2D eigenvalue weighted by Gasteiger charge is -2.37. The van der Waals surface area contributed by atoms with Gasteiger partial charge >= 0.3 is 5.97 Å². The molecule has 1 rings (SSSR count). The Kier molecular flexibility index (Phi) is 5.12. The first-order chi connectivity index (χ1) is 8.43. The quantitative estimate of drug-likeness (QED) is 0.753. The Morgan fingerprint density at radius 1 is 1.39 bits per heavy atom. The molecule has 18 heavy (non-hydrogen) atoms. The van der Waals surface area contributed by atoms with Gasteiger partial charge in [0.1, 0.15) is 6.04 Å². The number of amides is 2. The van der Waals surface area contributed by atoms with Gasteiger partial charge in [-0.05, 0) is 18.8 Å². The predicted octanol–water partition coefficient (Wildman–Crippen LogP) is 0.224. The summed E-state index contributed by atoms with van der Waals surface area (Å²) in [4.78, 5) is 35.3. The van der Waals surface area contributed by atoms with Gasteiger partial charge in [0.25, 0.3) is 0 Å². The number of hydrogen-bond donors (Lipinski definition) is 2. The monoisotopic (exact) mass is 256 g/mol. The lowest BCUT2D eigenvalue weighted by molar-refractivity contribution is -0.154. The number of nitrogens with zero attached hydrogens (tertiary/aromatic N) is 1. The first kappa shape index (κ1) is 14.5. The van der Waals surface area contributed by atoms with Crippen molar-refractivity contribution in [2.24, 2.45) is 5.92 Å². The van der Waals surface area contributed by atoms with Gasteiger partial charge in [0.15, 0.2) is 0 Å². The van der Waals surface area contributed by atoms with Crippen LogP contribution in [0.1, 0.15) is 33.1 Å². The molecule has 102 valence electrons. The number of carboxylic acid groups (broad SMARTS) is 1. The summed E-state index contributed by atoms with van der Waals surface area (Å²) in [6.45, 7) is 3.98. The van der Waals surface area contributed by atoms with Gasteiger partial charge in [-0.1, -0.05) is 6.92 Å². The van der Waals surface area contributed by atoms with E-state index in [1.54, 1.807) is 0 Å². The maximum Gasteiger partial charge on any atom is 0.326 e. The molecular weight excluding hydrogens is 236 g/mol. The Hall–Kier alpha value is -1.59. The third-order valence-electron chi connectivity index (χ3n) is 3.22. The van der Waals surface area contributed by atoms with Crippen LogP contribution in [-0.2, 0) is 14.4 Å². The summed E-state index contributed by atoms with van der Waals surface area (Å²) in [5.41, 5.74) is 0. The Balaban J connectivity index is 2.58. The number of piperidine rings is 1. The zero-order valence-corrected chi connectivity index (χ0v) is 10.8. The zero-order valence-electron chi connectivity index (χ0n) is 10.8. The van der Waals surface area contributed by atoms with E-state index in [-0.39, 0.29) is 30.7 Å². The second-order valence-corrected chi connectivity index (χ2v) is 4.72. The summed E-state index contributed by atoms with van der Waals surface area (Å²) in [6, 6.07) is -0.733. The Bertz CT molecular complexity index is 343. The molecule has 0 saturated carbocycles. The fourth-order valence-electron chi connectivity index (χ4n) is 2.33. The summed E-state index contributed by atoms with van der Waals surface area (Å²) in [5.74, 6) is -1.37. The number of carboxylic acids is 1. The topological polar surface area (TPSA) is 86.7 Å². The van der Waals surface area contributed by atoms with Gasteiger partial charge < -0.3 is 15.3 Å². The average Bonchev–Trinajstić information content (AvgIpc) is 2.27. The summed E-state index contributed by atoms with van der Waals surface area (Å²) < 4.78 is 0. The van der Waals surface area contributed by atoms with Gasteiger partial charge in [0.2, 0.25) is 11.8 Å². The van der Waals surface area contributed by atoms with E-state index in [0.29, 0.717) is 6.54 Å². The molecule has 0 aromatic rings. The molecule has 6 heteroatoms. The normalized spacial score (nSPS) is 23.6. The molecule has 0 bridgehead atoms. The lowest BCUT2D eigenvalue weighted by Crippen LogP contribution is -2.52. The third kappa shape index (κ3) is 3.72. The fourth-order valence-corrected chi connectivity index (χ4v) is 2.33. The zero-order chi connectivity index (χ0) is 13.7. The first-order valence-electron chi connectivity index (χ1n) is 6.20. The van der Waals surface area contributed by atoms with Crippen LogP contribution >= 0.6 is 0 Å². The fraction of sp³-hybridized carbons (Fsp3) is 0.750. The van der Waals surface area contributed by atoms with Gasteiger partial charge in [-0.15, -0.1) is 0 Å². The minimum absolute atomic E-state index is 0.0269. The van der Waals surface area contributed by atoms with Crippen LogP contribution in [0.4, 0.5) is 0 Å². The molecule has 1 saturated heterocycles. The molecule has 0 aromatic carbocycles. The number of nitrogens with one attached hydrogen (secondary N) is 1. The van der Waals surface area contributed by atoms with Crippen molar-refractivity contribution in [2.45, 2.75) is 39.2 Å². The SMILES string of the molecule is CC(=O)NCCC(=O)N1CCCC(C)C1C(=O)O. The molecule has 1 fully saturated rings. The number of carbonyl (C=O) groups excluding carboxylic acids is 2. The summed E-state index contributed by atoms with van der Waals surface area (Å²) in [7, 11) is 0. The van der Waals surface area contributed by atoms with E-state index in [1.165, 1.54) is 11.8 Å². The predicted molar refractivity (Wildman–Crippen MR) is 64.8 cm³/mol. The molecule has 2 atom stereocenters. The highest BCUT2D eigenvalue weighted by Gasteiger charge is 2.36. The maximum absolute atomic E-state index is 12.0. The molecule has 0 aliphatic carbocycles. The highest BCUT2D eigenvalue weighted by Crippen LogP contribution is 2.24. The number of likely N-dealkylation sites (tertiary alicyclic amines) is 1. The van der Waals surface area contributed by atoms with Crippen LogP contribution < -0.4 is 5.32 Å². The molecule has 1 aliphatic heterocycles. The van der Waals surface area contributed by atoms with Gasteiger partial charge in [-0.3, -0.25) is 9.59 Å². The van der Waals surface area contributed by atoms with Crippen LogP contribution in [0.15, 0.2) is 0 Å². The van der Waals surface area contributed by atoms with Crippen LogP contribution in [0.3, 0.4) is 0 Å². The standard InChI is InChI=1S/C12H20N2O4/c1-8-4-3-7-14(11(8)12(17)18)10(16)5-6-13-9(2)15/h8,11H,3-7H2,1-2H3,(H,13,15)(H,17,18). The highest BCUT2D eigenvalue weighted by molar-refractivity contribution is 5.84. The second kappa shape index (κ2) is 6.37. The molecule has 2 N–H and O–H groups in total. The smallest absolute Gasteiger partial charge is 0.326 e. The average molecular weight is 256 g/mol. The van der Waals surface area contributed by atoms with Crippen molar-refractivity contribution in [2.75, 3.05) is 13.1 Å². The van der Waals surface area contributed by atoms with E-state index in [9.17, 15) is 19.5 Å². The Morgan fingerprint density at radius 3 is 2.61 bits per heavy atom. The van der Waals surface area contributed by atoms with Crippen molar-refractivity contribution >= 4 is 17.8 Å². The second-order valence-electron chi connectivity index (χ2n) is 4.72. The van der Waals surface area contributed by atoms with E-state index >= 15 is 0 Å². The number of rotatable bonds is 4. The van der Waals surface area contributed by atoms with E-state index in [4.69, 9.17) is 0 Å². The number of aliphatic carboxylic acids is 1. The molecule has 6 nitrogen and oxygen atoms in total. The van der Waals surface area contributed by atoms with Gasteiger partial charge in [0, 0.05) is 26.4 Å². The Morgan fingerprint density at radius 2 is 2.06 bits per heavy atom. The number of carbonyl (C=O) groups is 3. The molecule has 0 radical (unpaired) electrons. The summed E-state index contributed by atoms with van der Waals surface area (Å²) >= 11 is 0. The minimum Gasteiger partial charge on any atom is -0.480 e. The first-order valence-corrected chi connectivity index (χ1v) is 6.20. The highest BCUT2D eigenvalue weighted by atomic mass is 16.4. The van der Waals surface area contributed by atoms with Crippen LogP contribution in [0.5, 0.6) is 0 Å². The van der Waals surface area contributed by atoms with Gasteiger partial charge in [0.05, 0.1) is 0 Å². The van der Waals surface area contributed by atoms with Crippen molar-refractivity contribution in [1.29, 1.82) is 0 Å². The Labute approximate surface area is 106 Å². The molecular formula is C12H20N2O4. The molecule has 2 amide bonds. The molecule has 2 unspecified atom stereocenters. The van der Waals surface area contributed by atoms with E-state index in [0.717, 1.165) is 12.8 Å². The van der Waals surface area contributed by atoms with E-state index in [2.05, 4.69) is 5.32 Å². The third-order valence-corrected chi connectivity index (χ3v) is 3.22. The van der Waals surface area contributed by atoms with Crippen LogP contribution in [0, 0.1) is 5.92 Å². The maximum atomic E-state index is 12.0. The van der Waals surface area contributed by atoms with Crippen molar-refractivity contribution in [3.05, 3.63) is 0 Å². The number of hydrogen-bond acceptors (Lipinski definition) is 3. The van der Waals surface area contributed by atoms with Crippen LogP contribution in [0.25, 0.3) is 0 Å². The molecule has 1 aliphatic rings.